The van der Waals surface area contributed by atoms with Crippen LogP contribution in [0.2, 0.25) is 0 Å². The van der Waals surface area contributed by atoms with Crippen molar-refractivity contribution < 1.29 is 0 Å². The average Bonchev–Trinajstić information content (AvgIpc) is 2.21. The van der Waals surface area contributed by atoms with Gasteiger partial charge in [0.05, 0.1) is 0 Å². The fraction of sp³-hybridized carbons (Fsp3) is 0.769. The van der Waals surface area contributed by atoms with Crippen LogP contribution in [0.4, 0.5) is 0 Å². The summed E-state index contributed by atoms with van der Waals surface area (Å²) in [6, 6.07) is 0. The highest BCUT2D eigenvalue weighted by atomic mass is 32.1. The normalized spacial score (nSPS) is 10.9. The van der Waals surface area contributed by atoms with Gasteiger partial charge in [-0.1, -0.05) is 69.8 Å². The minimum Gasteiger partial charge on any atom is -0.0882 e. The first kappa shape index (κ1) is 13.8. The van der Waals surface area contributed by atoms with E-state index >= 15 is 0 Å². The Morgan fingerprint density at radius 1 is 0.929 bits per heavy atom. The van der Waals surface area contributed by atoms with Crippen molar-refractivity contribution in [2.24, 2.45) is 0 Å². The molecule has 0 saturated carbocycles. The molecule has 14 heavy (non-hydrogen) atoms. The fourth-order valence-electron chi connectivity index (χ4n) is 1.47. The molecule has 0 aromatic rings. The van der Waals surface area contributed by atoms with E-state index in [4.69, 9.17) is 0 Å². The maximum Gasteiger partial charge on any atom is 0.0332 e. The number of rotatable bonds is 10. The number of hydrogen-bond donors (Lipinski definition) is 0. The highest BCUT2D eigenvalue weighted by Crippen LogP contribution is 2.08. The summed E-state index contributed by atoms with van der Waals surface area (Å²) >= 11 is 4.61. The Bertz CT molecular complexity index is 138. The maximum atomic E-state index is 4.61. The third-order valence-electron chi connectivity index (χ3n) is 2.34. The molecular formula is C13H23S. The molecule has 0 aliphatic heterocycles. The zero-order valence-electron chi connectivity index (χ0n) is 9.43. The lowest BCUT2D eigenvalue weighted by atomic mass is 10.1. The quantitative estimate of drug-likeness (QED) is 0.280. The molecular weight excluding hydrogens is 188 g/mol. The second kappa shape index (κ2) is 12.8. The molecule has 0 saturated heterocycles. The third-order valence-corrected chi connectivity index (χ3v) is 2.51. The van der Waals surface area contributed by atoms with Crippen LogP contribution in [0, 0.1) is 0 Å². The predicted molar refractivity (Wildman–Crippen MR) is 69.0 cm³/mol. The molecule has 0 spiro atoms. The smallest absolute Gasteiger partial charge is 0.0332 e. The van der Waals surface area contributed by atoms with E-state index in [-0.39, 0.29) is 0 Å². The van der Waals surface area contributed by atoms with Crippen molar-refractivity contribution in [3.05, 3.63) is 12.2 Å². The van der Waals surface area contributed by atoms with Gasteiger partial charge in [0.1, 0.15) is 0 Å². The van der Waals surface area contributed by atoms with Crippen molar-refractivity contribution in [1.29, 1.82) is 0 Å². The summed E-state index contributed by atoms with van der Waals surface area (Å²) in [5.41, 5.74) is 0. The topological polar surface area (TPSA) is 0 Å². The van der Waals surface area contributed by atoms with Gasteiger partial charge in [-0.2, -0.15) is 0 Å². The van der Waals surface area contributed by atoms with Crippen molar-refractivity contribution >= 4 is 17.6 Å². The van der Waals surface area contributed by atoms with E-state index in [2.05, 4.69) is 36.7 Å². The van der Waals surface area contributed by atoms with Gasteiger partial charge in [-0.05, 0) is 12.8 Å². The Labute approximate surface area is 94.8 Å². The first-order chi connectivity index (χ1) is 6.91. The van der Waals surface area contributed by atoms with E-state index in [1.165, 1.54) is 51.4 Å². The van der Waals surface area contributed by atoms with Gasteiger partial charge in [0, 0.05) is 11.8 Å². The van der Waals surface area contributed by atoms with Crippen molar-refractivity contribution in [2.75, 3.05) is 0 Å². The number of allylic oxidation sites excluding steroid dienone is 2. The monoisotopic (exact) mass is 211 g/mol. The summed E-state index contributed by atoms with van der Waals surface area (Å²) in [5, 5.41) is 2.69. The Balaban J connectivity index is 2.95. The first-order valence-electron chi connectivity index (χ1n) is 5.91. The van der Waals surface area contributed by atoms with Crippen molar-refractivity contribution in [1.82, 2.24) is 0 Å². The van der Waals surface area contributed by atoms with Gasteiger partial charge in [-0.15, -0.1) is 0 Å². The van der Waals surface area contributed by atoms with Gasteiger partial charge in [-0.25, -0.2) is 0 Å². The molecule has 0 heterocycles. The van der Waals surface area contributed by atoms with Gasteiger partial charge < -0.3 is 0 Å². The molecule has 0 amide bonds. The lowest BCUT2D eigenvalue weighted by molar-refractivity contribution is 0.592. The molecule has 0 rings (SSSR count). The van der Waals surface area contributed by atoms with Gasteiger partial charge >= 0.3 is 0 Å². The molecule has 0 aromatic carbocycles. The minimum atomic E-state index is 0.825. The molecule has 0 aliphatic carbocycles. The molecule has 0 aliphatic rings. The Morgan fingerprint density at radius 2 is 1.57 bits per heavy atom. The van der Waals surface area contributed by atoms with Crippen LogP contribution in [0.5, 0.6) is 0 Å². The highest BCUT2D eigenvalue weighted by molar-refractivity contribution is 7.78. The molecule has 1 radical (unpaired) electrons. The summed E-state index contributed by atoms with van der Waals surface area (Å²) < 4.78 is 0. The third kappa shape index (κ3) is 11.8. The fourth-order valence-corrected chi connectivity index (χ4v) is 1.56. The Hall–Kier alpha value is -0.170. The van der Waals surface area contributed by atoms with Gasteiger partial charge in [0.25, 0.3) is 0 Å². The van der Waals surface area contributed by atoms with Crippen LogP contribution in [0.25, 0.3) is 0 Å². The van der Waals surface area contributed by atoms with E-state index in [0.29, 0.717) is 0 Å². The van der Waals surface area contributed by atoms with Crippen molar-refractivity contribution in [2.45, 2.75) is 64.7 Å². The number of thiocarbonyl (C=S) groups is 1. The zero-order chi connectivity index (χ0) is 10.5. The van der Waals surface area contributed by atoms with Crippen molar-refractivity contribution in [3.8, 4) is 0 Å². The molecule has 0 N–H and O–H groups in total. The number of hydrogen-bond acceptors (Lipinski definition) is 1. The largest absolute Gasteiger partial charge is 0.0882 e. The average molecular weight is 211 g/mol. The minimum absolute atomic E-state index is 0.825. The van der Waals surface area contributed by atoms with E-state index in [1.54, 1.807) is 0 Å². The molecule has 0 aromatic heterocycles. The highest BCUT2D eigenvalue weighted by Gasteiger charge is 1.88. The van der Waals surface area contributed by atoms with Gasteiger partial charge in [-0.3, -0.25) is 0 Å². The van der Waals surface area contributed by atoms with Crippen LogP contribution >= 0.6 is 12.2 Å². The van der Waals surface area contributed by atoms with Gasteiger partial charge in [0.15, 0.2) is 0 Å². The standard InChI is InChI=1S/C13H23S/c1-2-3-4-5-6-7-8-9-10-11-12-13-14/h10-11H,2-9,12H2,1H3. The summed E-state index contributed by atoms with van der Waals surface area (Å²) in [4.78, 5) is 0. The van der Waals surface area contributed by atoms with E-state index in [9.17, 15) is 0 Å². The molecule has 0 atom stereocenters. The lowest BCUT2D eigenvalue weighted by Gasteiger charge is -1.98. The van der Waals surface area contributed by atoms with Crippen molar-refractivity contribution in [3.63, 3.8) is 0 Å². The molecule has 0 unspecified atom stereocenters. The lowest BCUT2D eigenvalue weighted by Crippen LogP contribution is -1.78. The van der Waals surface area contributed by atoms with Crippen LogP contribution in [-0.4, -0.2) is 5.37 Å². The van der Waals surface area contributed by atoms with Crippen LogP contribution < -0.4 is 0 Å². The summed E-state index contributed by atoms with van der Waals surface area (Å²) in [5.74, 6) is 0. The van der Waals surface area contributed by atoms with Crippen LogP contribution in [0.15, 0.2) is 12.2 Å². The Morgan fingerprint density at radius 3 is 2.21 bits per heavy atom. The van der Waals surface area contributed by atoms with E-state index < -0.39 is 0 Å². The molecule has 81 valence electrons. The SMILES string of the molecule is CCCCCCCCCC=CC[C]=S. The predicted octanol–water partition coefficient (Wildman–Crippen LogP) is 4.95. The van der Waals surface area contributed by atoms with Crippen LogP contribution in [0.1, 0.15) is 64.7 Å². The van der Waals surface area contributed by atoms with Crippen LogP contribution in [-0.2, 0) is 0 Å². The van der Waals surface area contributed by atoms with Gasteiger partial charge in [0.2, 0.25) is 0 Å². The van der Waals surface area contributed by atoms with E-state index in [1.807, 2.05) is 0 Å². The number of unbranched alkanes of at least 4 members (excludes halogenated alkanes) is 7. The zero-order valence-corrected chi connectivity index (χ0v) is 10.2. The molecule has 0 nitrogen and oxygen atoms in total. The molecule has 0 fully saturated rings. The first-order valence-corrected chi connectivity index (χ1v) is 6.32. The Kier molecular flexibility index (Phi) is 12.7. The second-order valence-electron chi connectivity index (χ2n) is 3.73. The molecule has 1 heteroatoms. The van der Waals surface area contributed by atoms with E-state index in [0.717, 1.165) is 6.42 Å². The summed E-state index contributed by atoms with van der Waals surface area (Å²) in [7, 11) is 0. The second-order valence-corrected chi connectivity index (χ2v) is 4.02. The maximum absolute atomic E-state index is 4.61. The summed E-state index contributed by atoms with van der Waals surface area (Å²) in [6.45, 7) is 2.26. The van der Waals surface area contributed by atoms with Crippen LogP contribution in [0.3, 0.4) is 0 Å². The molecule has 0 bridgehead atoms. The summed E-state index contributed by atoms with van der Waals surface area (Å²) in [6.07, 6.45) is 16.1.